The molecule has 1 aliphatic carbocycles. The van der Waals surface area contributed by atoms with E-state index in [0.717, 1.165) is 36.8 Å². The van der Waals surface area contributed by atoms with E-state index in [2.05, 4.69) is 10.2 Å². The Morgan fingerprint density at radius 3 is 2.46 bits per heavy atom. The third-order valence-corrected chi connectivity index (χ3v) is 6.94. The van der Waals surface area contributed by atoms with E-state index in [1.165, 1.54) is 32.1 Å². The number of hydrogen-bond acceptors (Lipinski definition) is 4. The lowest BCUT2D eigenvalue weighted by molar-refractivity contribution is -0.135. The van der Waals surface area contributed by atoms with Gasteiger partial charge in [-0.05, 0) is 44.1 Å². The smallest absolute Gasteiger partial charge is 0.241 e. The monoisotopic (exact) mass is 403 g/mol. The van der Waals surface area contributed by atoms with Crippen LogP contribution in [-0.2, 0) is 9.59 Å². The van der Waals surface area contributed by atoms with Crippen molar-refractivity contribution < 1.29 is 9.59 Å². The van der Waals surface area contributed by atoms with Crippen LogP contribution >= 0.6 is 11.8 Å². The van der Waals surface area contributed by atoms with Crippen LogP contribution in [-0.4, -0.2) is 60.1 Å². The molecule has 1 N–H and O–H groups in total. The van der Waals surface area contributed by atoms with Gasteiger partial charge in [0.2, 0.25) is 11.8 Å². The molecule has 1 saturated heterocycles. The molecule has 1 unspecified atom stereocenters. The standard InChI is InChI=1S/C22H33N3O2S/c1-17(22(27)23-19-10-6-7-11-20(19)28-2)24-12-14-25(15-13-24)21(26)16-18-8-4-3-5-9-18/h6-7,10-11,17-18H,3-5,8-9,12-16H2,1-2H3,(H,23,27). The van der Waals surface area contributed by atoms with Gasteiger partial charge >= 0.3 is 0 Å². The summed E-state index contributed by atoms with van der Waals surface area (Å²) in [5, 5.41) is 3.06. The molecule has 1 saturated carbocycles. The Labute approximate surface area is 173 Å². The summed E-state index contributed by atoms with van der Waals surface area (Å²) in [5.41, 5.74) is 0.869. The average Bonchev–Trinajstić information content (AvgIpc) is 2.74. The maximum absolute atomic E-state index is 12.7. The summed E-state index contributed by atoms with van der Waals surface area (Å²) in [6.07, 6.45) is 9.01. The van der Waals surface area contributed by atoms with Gasteiger partial charge in [-0.1, -0.05) is 31.4 Å². The minimum Gasteiger partial charge on any atom is -0.340 e. The molecule has 1 aliphatic heterocycles. The summed E-state index contributed by atoms with van der Waals surface area (Å²) >= 11 is 1.63. The van der Waals surface area contributed by atoms with Gasteiger partial charge in [0, 0.05) is 37.5 Å². The van der Waals surface area contributed by atoms with Gasteiger partial charge in [-0.25, -0.2) is 0 Å². The zero-order valence-corrected chi connectivity index (χ0v) is 18.0. The van der Waals surface area contributed by atoms with E-state index < -0.39 is 0 Å². The van der Waals surface area contributed by atoms with E-state index >= 15 is 0 Å². The van der Waals surface area contributed by atoms with Crippen molar-refractivity contribution in [3.8, 4) is 0 Å². The molecule has 3 rings (SSSR count). The van der Waals surface area contributed by atoms with Gasteiger partial charge in [-0.2, -0.15) is 0 Å². The number of para-hydroxylation sites is 1. The molecule has 1 aromatic rings. The lowest BCUT2D eigenvalue weighted by Crippen LogP contribution is -2.54. The molecular weight excluding hydrogens is 370 g/mol. The topological polar surface area (TPSA) is 52.7 Å². The van der Waals surface area contributed by atoms with Gasteiger partial charge in [0.1, 0.15) is 0 Å². The van der Waals surface area contributed by atoms with E-state index in [1.807, 2.05) is 42.3 Å². The van der Waals surface area contributed by atoms with Crippen molar-refractivity contribution in [2.75, 3.05) is 37.8 Å². The van der Waals surface area contributed by atoms with E-state index in [9.17, 15) is 9.59 Å². The predicted molar refractivity (Wildman–Crippen MR) is 116 cm³/mol. The molecule has 2 fully saturated rings. The van der Waals surface area contributed by atoms with Crippen LogP contribution in [0.15, 0.2) is 29.2 Å². The zero-order chi connectivity index (χ0) is 19.9. The Hall–Kier alpha value is -1.53. The average molecular weight is 404 g/mol. The van der Waals surface area contributed by atoms with Crippen molar-refractivity contribution in [1.29, 1.82) is 0 Å². The minimum absolute atomic E-state index is 0.0171. The molecule has 1 atom stereocenters. The third-order valence-electron chi connectivity index (χ3n) is 6.15. The van der Waals surface area contributed by atoms with Crippen molar-refractivity contribution in [2.24, 2.45) is 5.92 Å². The highest BCUT2D eigenvalue weighted by atomic mass is 32.2. The van der Waals surface area contributed by atoms with Crippen LogP contribution < -0.4 is 5.32 Å². The number of hydrogen-bond donors (Lipinski definition) is 1. The van der Waals surface area contributed by atoms with Crippen LogP contribution in [0.5, 0.6) is 0 Å². The second-order valence-corrected chi connectivity index (χ2v) is 8.84. The number of carbonyl (C=O) groups is 2. The Balaban J connectivity index is 1.47. The van der Waals surface area contributed by atoms with Crippen LogP contribution in [0.1, 0.15) is 45.4 Å². The highest BCUT2D eigenvalue weighted by molar-refractivity contribution is 7.98. The summed E-state index contributed by atoms with van der Waals surface area (Å²) in [6.45, 7) is 4.93. The Bertz CT molecular complexity index is 668. The first-order valence-corrected chi connectivity index (χ1v) is 11.8. The van der Waals surface area contributed by atoms with E-state index in [1.54, 1.807) is 11.8 Å². The fraction of sp³-hybridized carbons (Fsp3) is 0.636. The van der Waals surface area contributed by atoms with E-state index in [0.29, 0.717) is 18.2 Å². The summed E-state index contributed by atoms with van der Waals surface area (Å²) in [7, 11) is 0. The first kappa shape index (κ1) is 21.2. The Kier molecular flexibility index (Phi) is 7.80. The molecule has 0 radical (unpaired) electrons. The Morgan fingerprint density at radius 2 is 1.79 bits per heavy atom. The van der Waals surface area contributed by atoms with Crippen molar-refractivity contribution in [2.45, 2.75) is 56.4 Å². The molecule has 2 amide bonds. The number of anilines is 1. The second kappa shape index (κ2) is 10.3. The number of nitrogens with zero attached hydrogens (tertiary/aromatic N) is 2. The van der Waals surface area contributed by atoms with Crippen LogP contribution in [0.4, 0.5) is 5.69 Å². The van der Waals surface area contributed by atoms with Gasteiger partial charge in [0.05, 0.1) is 11.7 Å². The summed E-state index contributed by atoms with van der Waals surface area (Å²) in [6, 6.07) is 7.68. The molecule has 0 spiro atoms. The van der Waals surface area contributed by atoms with Gasteiger partial charge < -0.3 is 10.2 Å². The number of nitrogens with one attached hydrogen (secondary N) is 1. The fourth-order valence-corrected chi connectivity index (χ4v) is 4.83. The molecule has 154 valence electrons. The van der Waals surface area contributed by atoms with E-state index in [4.69, 9.17) is 0 Å². The molecular formula is C22H33N3O2S. The van der Waals surface area contributed by atoms with Gasteiger partial charge in [-0.15, -0.1) is 11.8 Å². The number of piperazine rings is 1. The molecule has 0 bridgehead atoms. The number of amides is 2. The molecule has 6 heteroatoms. The maximum Gasteiger partial charge on any atom is 0.241 e. The van der Waals surface area contributed by atoms with Crippen molar-refractivity contribution in [3.63, 3.8) is 0 Å². The predicted octanol–water partition coefficient (Wildman–Crippen LogP) is 3.85. The Morgan fingerprint density at radius 1 is 1.11 bits per heavy atom. The largest absolute Gasteiger partial charge is 0.340 e. The molecule has 5 nitrogen and oxygen atoms in total. The van der Waals surface area contributed by atoms with Gasteiger partial charge in [0.25, 0.3) is 0 Å². The van der Waals surface area contributed by atoms with Gasteiger partial charge in [-0.3, -0.25) is 14.5 Å². The van der Waals surface area contributed by atoms with Crippen molar-refractivity contribution >= 4 is 29.3 Å². The van der Waals surface area contributed by atoms with Crippen molar-refractivity contribution in [3.05, 3.63) is 24.3 Å². The summed E-state index contributed by atoms with van der Waals surface area (Å²) < 4.78 is 0. The normalized spacial score (nSPS) is 20.0. The number of thioether (sulfide) groups is 1. The number of benzene rings is 1. The highest BCUT2D eigenvalue weighted by Crippen LogP contribution is 2.27. The first-order chi connectivity index (χ1) is 13.6. The maximum atomic E-state index is 12.7. The lowest BCUT2D eigenvalue weighted by atomic mass is 9.86. The fourth-order valence-electron chi connectivity index (χ4n) is 4.28. The molecule has 1 aromatic carbocycles. The molecule has 1 heterocycles. The molecule has 28 heavy (non-hydrogen) atoms. The van der Waals surface area contributed by atoms with Crippen LogP contribution in [0, 0.1) is 5.92 Å². The quantitative estimate of drug-likeness (QED) is 0.733. The van der Waals surface area contributed by atoms with Gasteiger partial charge in [0.15, 0.2) is 0 Å². The van der Waals surface area contributed by atoms with E-state index in [-0.39, 0.29) is 11.9 Å². The lowest BCUT2D eigenvalue weighted by Gasteiger charge is -2.38. The van der Waals surface area contributed by atoms with Crippen molar-refractivity contribution in [1.82, 2.24) is 9.80 Å². The first-order valence-electron chi connectivity index (χ1n) is 10.5. The summed E-state index contributed by atoms with van der Waals surface area (Å²) in [4.78, 5) is 30.6. The van der Waals surface area contributed by atoms with Crippen LogP contribution in [0.2, 0.25) is 0 Å². The molecule has 2 aliphatic rings. The SMILES string of the molecule is CSc1ccccc1NC(=O)C(C)N1CCN(C(=O)CC2CCCCC2)CC1. The number of rotatable bonds is 6. The van der Waals surface area contributed by atoms with Crippen LogP contribution in [0.3, 0.4) is 0 Å². The molecule has 0 aromatic heterocycles. The number of carbonyl (C=O) groups excluding carboxylic acids is 2. The second-order valence-electron chi connectivity index (χ2n) is 7.99. The zero-order valence-electron chi connectivity index (χ0n) is 17.2. The summed E-state index contributed by atoms with van der Waals surface area (Å²) in [5.74, 6) is 0.904. The highest BCUT2D eigenvalue weighted by Gasteiger charge is 2.29. The minimum atomic E-state index is -0.203. The van der Waals surface area contributed by atoms with Crippen LogP contribution in [0.25, 0.3) is 0 Å². The third kappa shape index (κ3) is 5.51.